The van der Waals surface area contributed by atoms with Crippen molar-refractivity contribution in [3.63, 3.8) is 0 Å². The fourth-order valence-electron chi connectivity index (χ4n) is 2.72. The van der Waals surface area contributed by atoms with E-state index in [-0.39, 0.29) is 23.3 Å². The number of nitrogens with one attached hydrogen (secondary N) is 1. The molecule has 0 radical (unpaired) electrons. The summed E-state index contributed by atoms with van der Waals surface area (Å²) in [7, 11) is 0. The van der Waals surface area contributed by atoms with Crippen LogP contribution in [0.1, 0.15) is 39.2 Å². The summed E-state index contributed by atoms with van der Waals surface area (Å²) in [5.74, 6) is -0.171. The Kier molecular flexibility index (Phi) is 4.88. The number of aryl methyl sites for hydroxylation is 2. The molecular weight excluding hydrogens is 280 g/mol. The molecule has 0 spiro atoms. The fourth-order valence-corrected chi connectivity index (χ4v) is 2.72. The van der Waals surface area contributed by atoms with Crippen LogP contribution < -0.4 is 5.32 Å². The highest BCUT2D eigenvalue weighted by molar-refractivity contribution is 5.89. The van der Waals surface area contributed by atoms with Gasteiger partial charge in [-0.25, -0.2) is 0 Å². The Morgan fingerprint density at radius 1 is 1.45 bits per heavy atom. The highest BCUT2D eigenvalue weighted by Crippen LogP contribution is 2.25. The zero-order valence-electron chi connectivity index (χ0n) is 13.9. The molecule has 2 heterocycles. The van der Waals surface area contributed by atoms with Gasteiger partial charge in [0.1, 0.15) is 0 Å². The zero-order chi connectivity index (χ0) is 16.3. The van der Waals surface area contributed by atoms with Crippen LogP contribution >= 0.6 is 0 Å². The van der Waals surface area contributed by atoms with Gasteiger partial charge in [-0.3, -0.25) is 14.3 Å². The second-order valence-corrected chi connectivity index (χ2v) is 7.00. The monoisotopic (exact) mass is 306 g/mol. The number of rotatable bonds is 5. The van der Waals surface area contributed by atoms with Crippen LogP contribution in [-0.4, -0.2) is 45.1 Å². The van der Waals surface area contributed by atoms with E-state index < -0.39 is 0 Å². The van der Waals surface area contributed by atoms with E-state index in [0.29, 0.717) is 19.5 Å². The Balaban J connectivity index is 1.73. The number of nitrogens with zero attached hydrogens (tertiary/aromatic N) is 3. The minimum atomic E-state index is -0.223. The third-order valence-corrected chi connectivity index (χ3v) is 3.93. The van der Waals surface area contributed by atoms with E-state index in [2.05, 4.69) is 10.4 Å². The van der Waals surface area contributed by atoms with Gasteiger partial charge in [-0.05, 0) is 39.7 Å². The second kappa shape index (κ2) is 6.50. The van der Waals surface area contributed by atoms with Crippen molar-refractivity contribution < 1.29 is 9.59 Å². The highest BCUT2D eigenvalue weighted by atomic mass is 16.2. The molecule has 1 fully saturated rings. The molecular formula is C16H26N4O2. The van der Waals surface area contributed by atoms with Gasteiger partial charge in [0.15, 0.2) is 0 Å². The van der Waals surface area contributed by atoms with Gasteiger partial charge in [0.2, 0.25) is 11.8 Å². The minimum Gasteiger partial charge on any atom is -0.356 e. The summed E-state index contributed by atoms with van der Waals surface area (Å²) in [5, 5.41) is 7.14. The van der Waals surface area contributed by atoms with Crippen molar-refractivity contribution in [3.05, 3.63) is 18.0 Å². The number of likely N-dealkylation sites (tertiary alicyclic amines) is 1. The van der Waals surface area contributed by atoms with E-state index in [1.165, 1.54) is 0 Å². The van der Waals surface area contributed by atoms with Crippen LogP contribution in [0.3, 0.4) is 0 Å². The summed E-state index contributed by atoms with van der Waals surface area (Å²) in [6, 6.07) is 0. The van der Waals surface area contributed by atoms with Gasteiger partial charge in [0.05, 0.1) is 12.1 Å². The van der Waals surface area contributed by atoms with Crippen molar-refractivity contribution in [2.45, 2.75) is 52.6 Å². The van der Waals surface area contributed by atoms with Gasteiger partial charge in [-0.2, -0.15) is 5.10 Å². The molecule has 122 valence electrons. The molecule has 1 aromatic rings. The maximum atomic E-state index is 12.2. The lowest BCUT2D eigenvalue weighted by Crippen LogP contribution is -2.43. The van der Waals surface area contributed by atoms with Crippen LogP contribution in [0.25, 0.3) is 0 Å². The molecule has 0 bridgehead atoms. The summed E-state index contributed by atoms with van der Waals surface area (Å²) >= 11 is 0. The molecule has 1 atom stereocenters. The molecule has 1 N–H and O–H groups in total. The maximum Gasteiger partial charge on any atom is 0.225 e. The van der Waals surface area contributed by atoms with Crippen molar-refractivity contribution in [2.75, 3.05) is 13.1 Å². The Bertz CT molecular complexity index is 545. The van der Waals surface area contributed by atoms with Gasteiger partial charge in [-0.1, -0.05) is 0 Å². The number of carbonyl (C=O) groups is 2. The first-order valence-electron chi connectivity index (χ1n) is 7.84. The summed E-state index contributed by atoms with van der Waals surface area (Å²) in [6.07, 6.45) is 4.96. The van der Waals surface area contributed by atoms with E-state index in [9.17, 15) is 9.59 Å². The molecule has 1 aromatic heterocycles. The molecule has 0 saturated carbocycles. The van der Waals surface area contributed by atoms with Gasteiger partial charge < -0.3 is 10.2 Å². The van der Waals surface area contributed by atoms with Crippen LogP contribution in [0.5, 0.6) is 0 Å². The third kappa shape index (κ3) is 4.08. The topological polar surface area (TPSA) is 67.2 Å². The highest BCUT2D eigenvalue weighted by Gasteiger charge is 2.39. The van der Waals surface area contributed by atoms with Crippen molar-refractivity contribution >= 4 is 11.8 Å². The van der Waals surface area contributed by atoms with Crippen LogP contribution in [0.4, 0.5) is 0 Å². The largest absolute Gasteiger partial charge is 0.356 e. The van der Waals surface area contributed by atoms with Crippen molar-refractivity contribution in [3.8, 4) is 0 Å². The normalized spacial score (nSPS) is 18.8. The summed E-state index contributed by atoms with van der Waals surface area (Å²) in [6.45, 7) is 9.91. The first kappa shape index (κ1) is 16.5. The van der Waals surface area contributed by atoms with Crippen molar-refractivity contribution in [1.82, 2.24) is 20.0 Å². The average molecular weight is 306 g/mol. The number of aromatic nitrogens is 2. The smallest absolute Gasteiger partial charge is 0.225 e. The van der Waals surface area contributed by atoms with Crippen molar-refractivity contribution in [2.24, 2.45) is 5.92 Å². The van der Waals surface area contributed by atoms with Crippen LogP contribution in [0, 0.1) is 12.8 Å². The van der Waals surface area contributed by atoms with E-state index >= 15 is 0 Å². The predicted molar refractivity (Wildman–Crippen MR) is 84.2 cm³/mol. The molecule has 0 aliphatic carbocycles. The Morgan fingerprint density at radius 3 is 2.73 bits per heavy atom. The molecule has 6 nitrogen and oxygen atoms in total. The average Bonchev–Trinajstić information content (AvgIpc) is 3.00. The zero-order valence-corrected chi connectivity index (χ0v) is 13.9. The van der Waals surface area contributed by atoms with Gasteiger partial charge >= 0.3 is 0 Å². The molecule has 1 saturated heterocycles. The van der Waals surface area contributed by atoms with Crippen molar-refractivity contribution in [1.29, 1.82) is 0 Å². The Hall–Kier alpha value is -1.85. The van der Waals surface area contributed by atoms with E-state index in [4.69, 9.17) is 0 Å². The summed E-state index contributed by atoms with van der Waals surface area (Å²) < 4.78 is 1.88. The SMILES string of the molecule is Cc1cnn(CCCNC(=O)[C@H]2CC(=O)N(C(C)(C)C)C2)c1. The first-order valence-corrected chi connectivity index (χ1v) is 7.84. The molecule has 6 heteroatoms. The second-order valence-electron chi connectivity index (χ2n) is 7.00. The minimum absolute atomic E-state index is 0.0169. The molecule has 1 aliphatic heterocycles. The quantitative estimate of drug-likeness (QED) is 0.835. The number of hydrogen-bond donors (Lipinski definition) is 1. The fraction of sp³-hybridized carbons (Fsp3) is 0.688. The molecule has 0 unspecified atom stereocenters. The van der Waals surface area contributed by atoms with Crippen LogP contribution in [-0.2, 0) is 16.1 Å². The van der Waals surface area contributed by atoms with Gasteiger partial charge in [0.25, 0.3) is 0 Å². The first-order chi connectivity index (χ1) is 10.3. The molecule has 0 aromatic carbocycles. The Morgan fingerprint density at radius 2 is 2.18 bits per heavy atom. The van der Waals surface area contributed by atoms with E-state index in [0.717, 1.165) is 18.5 Å². The number of amides is 2. The summed E-state index contributed by atoms with van der Waals surface area (Å²) in [4.78, 5) is 25.9. The number of hydrogen-bond acceptors (Lipinski definition) is 3. The lowest BCUT2D eigenvalue weighted by Gasteiger charge is -2.31. The third-order valence-electron chi connectivity index (χ3n) is 3.93. The molecule has 1 aliphatic rings. The molecule has 2 rings (SSSR count). The van der Waals surface area contributed by atoms with Gasteiger partial charge in [-0.15, -0.1) is 0 Å². The lowest BCUT2D eigenvalue weighted by molar-refractivity contribution is -0.132. The van der Waals surface area contributed by atoms with Crippen LogP contribution in [0.2, 0.25) is 0 Å². The molecule has 2 amide bonds. The molecule has 22 heavy (non-hydrogen) atoms. The van der Waals surface area contributed by atoms with E-state index in [1.54, 1.807) is 4.90 Å². The maximum absolute atomic E-state index is 12.2. The number of carbonyl (C=O) groups excluding carboxylic acids is 2. The predicted octanol–water partition coefficient (Wildman–Crippen LogP) is 1.34. The summed E-state index contributed by atoms with van der Waals surface area (Å²) in [5.41, 5.74) is 0.917. The van der Waals surface area contributed by atoms with Gasteiger partial charge in [0, 0.05) is 37.8 Å². The van der Waals surface area contributed by atoms with Crippen LogP contribution in [0.15, 0.2) is 12.4 Å². The Labute approximate surface area is 131 Å². The van der Waals surface area contributed by atoms with E-state index in [1.807, 2.05) is 44.8 Å². The standard InChI is InChI=1S/C16H26N4O2/c1-12-9-18-19(10-12)7-5-6-17-15(22)13-8-14(21)20(11-13)16(2,3)4/h9-10,13H,5-8,11H2,1-4H3,(H,17,22)/t13-/m0/s1. The lowest BCUT2D eigenvalue weighted by atomic mass is 10.1.